The second-order valence-corrected chi connectivity index (χ2v) is 7.12. The third-order valence-corrected chi connectivity index (χ3v) is 4.12. The molecule has 0 fully saturated rings. The van der Waals surface area contributed by atoms with Crippen molar-refractivity contribution >= 4 is 5.91 Å². The Labute approximate surface area is 147 Å². The fourth-order valence-electron chi connectivity index (χ4n) is 2.67. The van der Waals surface area contributed by atoms with Crippen molar-refractivity contribution in [1.29, 1.82) is 0 Å². The second kappa shape index (κ2) is 6.59. The minimum absolute atomic E-state index is 0.115. The summed E-state index contributed by atoms with van der Waals surface area (Å²) in [7, 11) is 1.79. The lowest BCUT2D eigenvalue weighted by atomic mass is 9.92. The summed E-state index contributed by atoms with van der Waals surface area (Å²) in [6.07, 6.45) is 1.61. The standard InChI is InChI=1S/C20H23N3O2/c1-20(2,3)17-13-15(23(4)22-17)19(24)21-18(16-11-8-12-25-16)14-9-6-5-7-10-14/h5-13,18H,1-4H3,(H,21,24). The fraction of sp³-hybridized carbons (Fsp3) is 0.300. The molecule has 130 valence electrons. The smallest absolute Gasteiger partial charge is 0.270 e. The highest BCUT2D eigenvalue weighted by Gasteiger charge is 2.25. The van der Waals surface area contributed by atoms with Gasteiger partial charge in [0.2, 0.25) is 0 Å². The topological polar surface area (TPSA) is 60.1 Å². The molecule has 3 rings (SSSR count). The molecule has 0 aliphatic heterocycles. The summed E-state index contributed by atoms with van der Waals surface area (Å²) in [5.74, 6) is 0.508. The number of benzene rings is 1. The Morgan fingerprint density at radius 1 is 1.16 bits per heavy atom. The highest BCUT2D eigenvalue weighted by molar-refractivity contribution is 5.93. The van der Waals surface area contributed by atoms with Gasteiger partial charge in [-0.15, -0.1) is 0 Å². The van der Waals surface area contributed by atoms with E-state index in [9.17, 15) is 4.79 Å². The van der Waals surface area contributed by atoms with Crippen molar-refractivity contribution in [2.24, 2.45) is 7.05 Å². The van der Waals surface area contributed by atoms with E-state index in [0.29, 0.717) is 11.5 Å². The lowest BCUT2D eigenvalue weighted by Crippen LogP contribution is -2.30. The number of nitrogens with zero attached hydrogens (tertiary/aromatic N) is 2. The number of nitrogens with one attached hydrogen (secondary N) is 1. The molecule has 25 heavy (non-hydrogen) atoms. The van der Waals surface area contributed by atoms with E-state index in [4.69, 9.17) is 4.42 Å². The highest BCUT2D eigenvalue weighted by Crippen LogP contribution is 2.24. The van der Waals surface area contributed by atoms with Crippen LogP contribution < -0.4 is 5.32 Å². The molecule has 0 bridgehead atoms. The van der Waals surface area contributed by atoms with Crippen molar-refractivity contribution in [2.75, 3.05) is 0 Å². The molecule has 2 aromatic heterocycles. The first-order chi connectivity index (χ1) is 11.9. The Hall–Kier alpha value is -2.82. The van der Waals surface area contributed by atoms with Crippen LogP contribution in [0.5, 0.6) is 0 Å². The summed E-state index contributed by atoms with van der Waals surface area (Å²) >= 11 is 0. The first-order valence-electron chi connectivity index (χ1n) is 8.30. The SMILES string of the molecule is Cn1nc(C(C)(C)C)cc1C(=O)NC(c1ccccc1)c1ccco1. The predicted molar refractivity (Wildman–Crippen MR) is 96.4 cm³/mol. The molecule has 1 atom stereocenters. The Bertz CT molecular complexity index is 843. The van der Waals surface area contributed by atoms with Gasteiger partial charge in [-0.1, -0.05) is 51.1 Å². The van der Waals surface area contributed by atoms with Crippen LogP contribution in [0.15, 0.2) is 59.2 Å². The molecule has 5 nitrogen and oxygen atoms in total. The maximum atomic E-state index is 12.9. The molecular formula is C20H23N3O2. The molecule has 0 aliphatic carbocycles. The first-order valence-corrected chi connectivity index (χ1v) is 8.30. The number of carbonyl (C=O) groups excluding carboxylic acids is 1. The molecule has 5 heteroatoms. The number of carbonyl (C=O) groups is 1. The molecular weight excluding hydrogens is 314 g/mol. The number of amides is 1. The summed E-state index contributed by atoms with van der Waals surface area (Å²) in [6, 6.07) is 15.0. The normalized spacial score (nSPS) is 12.8. The van der Waals surface area contributed by atoms with Crippen molar-refractivity contribution in [3.8, 4) is 0 Å². The van der Waals surface area contributed by atoms with Crippen LogP contribution in [0, 0.1) is 0 Å². The molecule has 0 saturated heterocycles. The molecule has 0 saturated carbocycles. The minimum atomic E-state index is -0.350. The molecule has 0 spiro atoms. The third kappa shape index (κ3) is 3.65. The zero-order valence-electron chi connectivity index (χ0n) is 15.0. The van der Waals surface area contributed by atoms with Gasteiger partial charge in [0.05, 0.1) is 12.0 Å². The number of rotatable bonds is 4. The third-order valence-electron chi connectivity index (χ3n) is 4.12. The summed E-state index contributed by atoms with van der Waals surface area (Å²) in [4.78, 5) is 12.9. The Kier molecular flexibility index (Phi) is 4.49. The molecule has 0 aliphatic rings. The summed E-state index contributed by atoms with van der Waals surface area (Å²) in [6.45, 7) is 6.23. The van der Waals surface area contributed by atoms with Gasteiger partial charge in [-0.25, -0.2) is 0 Å². The van der Waals surface area contributed by atoms with Crippen molar-refractivity contribution < 1.29 is 9.21 Å². The number of hydrogen-bond donors (Lipinski definition) is 1. The van der Waals surface area contributed by atoms with Crippen LogP contribution in [0.4, 0.5) is 0 Å². The molecule has 1 amide bonds. The van der Waals surface area contributed by atoms with Gasteiger partial charge in [0, 0.05) is 12.5 Å². The second-order valence-electron chi connectivity index (χ2n) is 7.12. The molecule has 1 aromatic carbocycles. The zero-order valence-corrected chi connectivity index (χ0v) is 15.0. The predicted octanol–water partition coefficient (Wildman–Crippen LogP) is 3.83. The van der Waals surface area contributed by atoms with E-state index in [0.717, 1.165) is 11.3 Å². The van der Waals surface area contributed by atoms with Crippen LogP contribution >= 0.6 is 0 Å². The average molecular weight is 337 g/mol. The fourth-order valence-corrected chi connectivity index (χ4v) is 2.67. The molecule has 2 heterocycles. The quantitative estimate of drug-likeness (QED) is 0.787. The average Bonchev–Trinajstić information content (AvgIpc) is 3.22. The summed E-state index contributed by atoms with van der Waals surface area (Å²) in [5.41, 5.74) is 2.26. The van der Waals surface area contributed by atoms with Crippen LogP contribution in [0.25, 0.3) is 0 Å². The van der Waals surface area contributed by atoms with E-state index in [1.807, 2.05) is 48.5 Å². The van der Waals surface area contributed by atoms with E-state index < -0.39 is 0 Å². The van der Waals surface area contributed by atoms with E-state index in [-0.39, 0.29) is 17.4 Å². The van der Waals surface area contributed by atoms with Gasteiger partial charge < -0.3 is 9.73 Å². The van der Waals surface area contributed by atoms with E-state index >= 15 is 0 Å². The van der Waals surface area contributed by atoms with E-state index in [1.165, 1.54) is 0 Å². The maximum absolute atomic E-state index is 12.9. The van der Waals surface area contributed by atoms with Crippen LogP contribution in [-0.4, -0.2) is 15.7 Å². The van der Waals surface area contributed by atoms with Crippen molar-refractivity contribution in [3.63, 3.8) is 0 Å². The number of furan rings is 1. The van der Waals surface area contributed by atoms with Crippen molar-refractivity contribution in [2.45, 2.75) is 32.2 Å². The van der Waals surface area contributed by atoms with Crippen LogP contribution in [0.2, 0.25) is 0 Å². The van der Waals surface area contributed by atoms with Crippen LogP contribution in [0.3, 0.4) is 0 Å². The van der Waals surface area contributed by atoms with Crippen molar-refractivity contribution in [3.05, 3.63) is 77.5 Å². The highest BCUT2D eigenvalue weighted by atomic mass is 16.3. The Balaban J connectivity index is 1.90. The van der Waals surface area contributed by atoms with Crippen LogP contribution in [-0.2, 0) is 12.5 Å². The van der Waals surface area contributed by atoms with Gasteiger partial charge >= 0.3 is 0 Å². The minimum Gasteiger partial charge on any atom is -0.467 e. The lowest BCUT2D eigenvalue weighted by molar-refractivity contribution is 0.0929. The molecule has 1 N–H and O–H groups in total. The summed E-state index contributed by atoms with van der Waals surface area (Å²) in [5, 5.41) is 7.54. The zero-order chi connectivity index (χ0) is 18.0. The van der Waals surface area contributed by atoms with Gasteiger partial charge in [0.15, 0.2) is 0 Å². The maximum Gasteiger partial charge on any atom is 0.270 e. The molecule has 1 unspecified atom stereocenters. The monoisotopic (exact) mass is 337 g/mol. The van der Waals surface area contributed by atoms with E-state index in [1.54, 1.807) is 18.0 Å². The van der Waals surface area contributed by atoms with Gasteiger partial charge in [-0.05, 0) is 23.8 Å². The Morgan fingerprint density at radius 2 is 1.88 bits per heavy atom. The number of hydrogen-bond acceptors (Lipinski definition) is 3. The molecule has 0 radical (unpaired) electrons. The number of aryl methyl sites for hydroxylation is 1. The Morgan fingerprint density at radius 3 is 2.44 bits per heavy atom. The lowest BCUT2D eigenvalue weighted by Gasteiger charge is -2.17. The van der Waals surface area contributed by atoms with Crippen molar-refractivity contribution in [1.82, 2.24) is 15.1 Å². The van der Waals surface area contributed by atoms with Gasteiger partial charge in [-0.3, -0.25) is 9.48 Å². The van der Waals surface area contributed by atoms with E-state index in [2.05, 4.69) is 31.2 Å². The first kappa shape index (κ1) is 17.0. The van der Waals surface area contributed by atoms with Gasteiger partial charge in [0.1, 0.15) is 17.5 Å². The van der Waals surface area contributed by atoms with Gasteiger partial charge in [-0.2, -0.15) is 5.10 Å². The largest absolute Gasteiger partial charge is 0.467 e. The van der Waals surface area contributed by atoms with Crippen LogP contribution in [0.1, 0.15) is 54.3 Å². The molecule has 3 aromatic rings. The summed E-state index contributed by atoms with van der Waals surface area (Å²) < 4.78 is 7.16. The number of aromatic nitrogens is 2. The van der Waals surface area contributed by atoms with Gasteiger partial charge in [0.25, 0.3) is 5.91 Å².